The van der Waals surface area contributed by atoms with E-state index in [0.717, 1.165) is 14.9 Å². The van der Waals surface area contributed by atoms with E-state index in [0.29, 0.717) is 6.61 Å². The van der Waals surface area contributed by atoms with Gasteiger partial charge >= 0.3 is 0 Å². The number of carbonyl (C=O) groups excluding carboxylic acids is 1. The third-order valence-corrected chi connectivity index (χ3v) is 4.04. The highest BCUT2D eigenvalue weighted by Gasteiger charge is 2.22. The van der Waals surface area contributed by atoms with Crippen LogP contribution in [0.3, 0.4) is 0 Å². The number of thiophene rings is 1. The van der Waals surface area contributed by atoms with Gasteiger partial charge in [-0.15, -0.1) is 11.3 Å². The van der Waals surface area contributed by atoms with Gasteiger partial charge in [0.2, 0.25) is 0 Å². The molecule has 1 unspecified atom stereocenters. The molecule has 1 aromatic carbocycles. The minimum absolute atomic E-state index is 0.116. The van der Waals surface area contributed by atoms with Crippen LogP contribution in [0.25, 0.3) is 0 Å². The number of ketones is 1. The molecule has 1 heterocycles. The van der Waals surface area contributed by atoms with Crippen molar-refractivity contribution in [3.05, 3.63) is 56.7 Å². The van der Waals surface area contributed by atoms with Crippen molar-refractivity contribution in [2.24, 2.45) is 0 Å². The molecule has 0 aliphatic heterocycles. The summed E-state index contributed by atoms with van der Waals surface area (Å²) in [5.74, 6) is -0.129. The zero-order valence-electron chi connectivity index (χ0n) is 9.93. The van der Waals surface area contributed by atoms with E-state index in [1.54, 1.807) is 7.11 Å². The van der Waals surface area contributed by atoms with Crippen molar-refractivity contribution in [3.8, 4) is 0 Å². The highest BCUT2D eigenvalue weighted by molar-refractivity contribution is 9.10. The second-order valence-corrected chi connectivity index (χ2v) is 5.77. The summed E-state index contributed by atoms with van der Waals surface area (Å²) < 4.78 is 6.16. The van der Waals surface area contributed by atoms with Crippen molar-refractivity contribution in [2.75, 3.05) is 13.7 Å². The average molecular weight is 325 g/mol. The molecule has 2 aromatic rings. The summed E-state index contributed by atoms with van der Waals surface area (Å²) in [6.07, 6.45) is 0. The van der Waals surface area contributed by atoms with E-state index in [4.69, 9.17) is 4.74 Å². The van der Waals surface area contributed by atoms with Gasteiger partial charge in [0.1, 0.15) is 0 Å². The van der Waals surface area contributed by atoms with Crippen LogP contribution in [0.1, 0.15) is 21.2 Å². The van der Waals surface area contributed by atoms with Crippen LogP contribution >= 0.6 is 27.3 Å². The Hall–Kier alpha value is -0.970. The van der Waals surface area contributed by atoms with Crippen LogP contribution in [-0.2, 0) is 4.74 Å². The number of benzene rings is 1. The van der Waals surface area contributed by atoms with Gasteiger partial charge in [0.15, 0.2) is 5.78 Å². The molecule has 94 valence electrons. The molecule has 0 saturated carbocycles. The monoisotopic (exact) mass is 324 g/mol. The Kier molecular flexibility index (Phi) is 4.69. The summed E-state index contributed by atoms with van der Waals surface area (Å²) in [5, 5.41) is 1.91. The smallest absolute Gasteiger partial charge is 0.182 e. The van der Waals surface area contributed by atoms with E-state index in [9.17, 15) is 4.79 Å². The van der Waals surface area contributed by atoms with E-state index < -0.39 is 0 Å². The first kappa shape index (κ1) is 13.5. The SMILES string of the molecule is COCC(C(=O)c1cccs1)c1cccc(Br)c1. The Morgan fingerprint density at radius 3 is 2.83 bits per heavy atom. The lowest BCUT2D eigenvalue weighted by molar-refractivity contribution is 0.0892. The molecule has 0 radical (unpaired) electrons. The van der Waals surface area contributed by atoms with Gasteiger partial charge in [-0.2, -0.15) is 0 Å². The van der Waals surface area contributed by atoms with E-state index in [1.165, 1.54) is 11.3 Å². The minimum atomic E-state index is -0.244. The molecule has 0 amide bonds. The summed E-state index contributed by atoms with van der Waals surface area (Å²) >= 11 is 4.90. The van der Waals surface area contributed by atoms with Gasteiger partial charge in [-0.25, -0.2) is 0 Å². The molecule has 2 rings (SSSR count). The molecule has 0 N–H and O–H groups in total. The topological polar surface area (TPSA) is 26.3 Å². The van der Waals surface area contributed by atoms with Crippen molar-refractivity contribution in [1.29, 1.82) is 0 Å². The average Bonchev–Trinajstić information content (AvgIpc) is 2.89. The van der Waals surface area contributed by atoms with Gasteiger partial charge in [0, 0.05) is 11.6 Å². The maximum Gasteiger partial charge on any atom is 0.182 e. The Balaban J connectivity index is 2.31. The van der Waals surface area contributed by atoms with Gasteiger partial charge in [-0.3, -0.25) is 4.79 Å². The van der Waals surface area contributed by atoms with Crippen LogP contribution < -0.4 is 0 Å². The van der Waals surface area contributed by atoms with E-state index in [2.05, 4.69) is 15.9 Å². The molecule has 0 bridgehead atoms. The van der Waals surface area contributed by atoms with Gasteiger partial charge < -0.3 is 4.74 Å². The number of methoxy groups -OCH3 is 1. The van der Waals surface area contributed by atoms with Gasteiger partial charge in [0.05, 0.1) is 17.4 Å². The lowest BCUT2D eigenvalue weighted by atomic mass is 9.94. The van der Waals surface area contributed by atoms with Crippen molar-refractivity contribution in [3.63, 3.8) is 0 Å². The van der Waals surface area contributed by atoms with Crippen molar-refractivity contribution < 1.29 is 9.53 Å². The van der Waals surface area contributed by atoms with Gasteiger partial charge in [-0.05, 0) is 29.1 Å². The maximum atomic E-state index is 12.4. The molecule has 18 heavy (non-hydrogen) atoms. The molecule has 0 spiro atoms. The summed E-state index contributed by atoms with van der Waals surface area (Å²) in [7, 11) is 1.62. The molecular weight excluding hydrogens is 312 g/mol. The lowest BCUT2D eigenvalue weighted by Gasteiger charge is -2.14. The molecule has 0 fully saturated rings. The Morgan fingerprint density at radius 2 is 2.22 bits per heavy atom. The van der Waals surface area contributed by atoms with Crippen molar-refractivity contribution >= 4 is 33.0 Å². The normalized spacial score (nSPS) is 12.3. The van der Waals surface area contributed by atoms with Crippen LogP contribution in [0.2, 0.25) is 0 Å². The number of Topliss-reactive ketones (excluding diaryl/α,β-unsaturated/α-hetero) is 1. The molecule has 1 atom stereocenters. The molecule has 4 heteroatoms. The Morgan fingerprint density at radius 1 is 1.39 bits per heavy atom. The fraction of sp³-hybridized carbons (Fsp3) is 0.214. The zero-order valence-corrected chi connectivity index (χ0v) is 12.3. The number of ether oxygens (including phenoxy) is 1. The molecule has 0 saturated heterocycles. The predicted molar refractivity (Wildman–Crippen MR) is 77.4 cm³/mol. The third-order valence-electron chi connectivity index (χ3n) is 2.66. The van der Waals surface area contributed by atoms with Crippen molar-refractivity contribution in [1.82, 2.24) is 0 Å². The standard InChI is InChI=1S/C14H13BrO2S/c1-17-9-12(10-4-2-5-11(15)8-10)14(16)13-6-3-7-18-13/h2-8,12H,9H2,1H3. The number of carbonyl (C=O) groups is 1. The van der Waals surface area contributed by atoms with Crippen molar-refractivity contribution in [2.45, 2.75) is 5.92 Å². The first-order chi connectivity index (χ1) is 8.72. The van der Waals surface area contributed by atoms with Crippen LogP contribution in [0.5, 0.6) is 0 Å². The van der Waals surface area contributed by atoms with E-state index in [-0.39, 0.29) is 11.7 Å². The third kappa shape index (κ3) is 3.07. The highest BCUT2D eigenvalue weighted by Crippen LogP contribution is 2.25. The molecule has 0 aliphatic rings. The minimum Gasteiger partial charge on any atom is -0.384 e. The summed E-state index contributed by atoms with van der Waals surface area (Å²) in [6, 6.07) is 11.6. The summed E-state index contributed by atoms with van der Waals surface area (Å²) in [4.78, 5) is 13.2. The number of hydrogen-bond donors (Lipinski definition) is 0. The van der Waals surface area contributed by atoms with Gasteiger partial charge in [0.25, 0.3) is 0 Å². The first-order valence-electron chi connectivity index (χ1n) is 5.54. The van der Waals surface area contributed by atoms with Gasteiger partial charge in [-0.1, -0.05) is 34.1 Å². The van der Waals surface area contributed by atoms with Crippen LogP contribution in [0.4, 0.5) is 0 Å². The fourth-order valence-corrected chi connectivity index (χ4v) is 2.94. The zero-order chi connectivity index (χ0) is 13.0. The second-order valence-electron chi connectivity index (χ2n) is 3.90. The maximum absolute atomic E-state index is 12.4. The largest absolute Gasteiger partial charge is 0.384 e. The fourth-order valence-electron chi connectivity index (χ4n) is 1.80. The molecular formula is C14H13BrO2S. The summed E-state index contributed by atoms with van der Waals surface area (Å²) in [5.41, 5.74) is 0.977. The quantitative estimate of drug-likeness (QED) is 0.773. The Bertz CT molecular complexity index is 522. The van der Waals surface area contributed by atoms with Crippen LogP contribution in [0.15, 0.2) is 46.3 Å². The predicted octanol–water partition coefficient (Wildman–Crippen LogP) is 4.12. The second kappa shape index (κ2) is 6.27. The Labute approximate surface area is 119 Å². The number of hydrogen-bond acceptors (Lipinski definition) is 3. The molecule has 0 aliphatic carbocycles. The number of rotatable bonds is 5. The summed E-state index contributed by atoms with van der Waals surface area (Å²) in [6.45, 7) is 0.396. The van der Waals surface area contributed by atoms with Crippen LogP contribution in [0, 0.1) is 0 Å². The highest BCUT2D eigenvalue weighted by atomic mass is 79.9. The van der Waals surface area contributed by atoms with Crippen LogP contribution in [-0.4, -0.2) is 19.5 Å². The first-order valence-corrected chi connectivity index (χ1v) is 7.21. The lowest BCUT2D eigenvalue weighted by Crippen LogP contribution is -2.17. The number of halogens is 1. The molecule has 2 nitrogen and oxygen atoms in total. The van der Waals surface area contributed by atoms with E-state index >= 15 is 0 Å². The van der Waals surface area contributed by atoms with E-state index in [1.807, 2.05) is 41.8 Å². The molecule has 1 aromatic heterocycles.